The molecule has 1 atom stereocenters. The third-order valence-electron chi connectivity index (χ3n) is 2.23. The highest BCUT2D eigenvalue weighted by Gasteiger charge is 2.37. The maximum Gasteiger partial charge on any atom is 0.336 e. The van der Waals surface area contributed by atoms with Crippen molar-refractivity contribution < 1.29 is 14.6 Å². The summed E-state index contributed by atoms with van der Waals surface area (Å²) in [6.45, 7) is 4.20. The molecule has 1 rings (SSSR count). The number of hydrogen-bond acceptors (Lipinski definition) is 3. The zero-order valence-corrected chi connectivity index (χ0v) is 8.41. The van der Waals surface area contributed by atoms with Crippen LogP contribution in [0.2, 0.25) is 0 Å². The molecule has 0 fully saturated rings. The minimum Gasteiger partial charge on any atom is -0.478 e. The van der Waals surface area contributed by atoms with Gasteiger partial charge in [0.2, 0.25) is 0 Å². The molecule has 0 amide bonds. The lowest BCUT2D eigenvalue weighted by molar-refractivity contribution is -0.137. The van der Waals surface area contributed by atoms with E-state index in [2.05, 4.69) is 5.32 Å². The number of ether oxygens (including phenoxy) is 1. The van der Waals surface area contributed by atoms with E-state index >= 15 is 0 Å². The quantitative estimate of drug-likeness (QED) is 0.712. The van der Waals surface area contributed by atoms with Crippen molar-refractivity contribution in [3.05, 3.63) is 23.9 Å². The molecule has 2 N–H and O–H groups in total. The number of carbonyl (C=O) groups is 1. The maximum atomic E-state index is 11.0. The number of carboxylic acid groups (broad SMARTS) is 1. The fourth-order valence-electron chi connectivity index (χ4n) is 1.54. The smallest absolute Gasteiger partial charge is 0.336 e. The van der Waals surface area contributed by atoms with Crippen LogP contribution in [0.1, 0.15) is 20.3 Å². The van der Waals surface area contributed by atoms with Crippen LogP contribution in [0.15, 0.2) is 23.9 Å². The molecule has 1 unspecified atom stereocenters. The number of hydrogen-bond donors (Lipinski definition) is 2. The predicted octanol–water partition coefficient (Wildman–Crippen LogP) is 1.26. The Morgan fingerprint density at radius 1 is 1.64 bits per heavy atom. The van der Waals surface area contributed by atoms with Gasteiger partial charge in [-0.15, -0.1) is 0 Å². The fourth-order valence-corrected chi connectivity index (χ4v) is 1.54. The SMILES string of the molecule is CCOC1(CC)NC=CC=C1C(=O)O. The molecule has 0 aromatic carbocycles. The Morgan fingerprint density at radius 2 is 2.36 bits per heavy atom. The van der Waals surface area contributed by atoms with Crippen LogP contribution in [0.3, 0.4) is 0 Å². The van der Waals surface area contributed by atoms with Gasteiger partial charge in [0.1, 0.15) is 0 Å². The van der Waals surface area contributed by atoms with Crippen LogP contribution in [-0.4, -0.2) is 23.4 Å². The van der Waals surface area contributed by atoms with E-state index in [0.717, 1.165) is 0 Å². The minimum absolute atomic E-state index is 0.254. The van der Waals surface area contributed by atoms with Gasteiger partial charge in [0.15, 0.2) is 5.72 Å². The molecule has 78 valence electrons. The van der Waals surface area contributed by atoms with Crippen molar-refractivity contribution in [2.45, 2.75) is 26.0 Å². The van der Waals surface area contributed by atoms with E-state index in [4.69, 9.17) is 9.84 Å². The average molecular weight is 197 g/mol. The fraction of sp³-hybridized carbons (Fsp3) is 0.500. The minimum atomic E-state index is -0.947. The lowest BCUT2D eigenvalue weighted by Crippen LogP contribution is -2.49. The van der Waals surface area contributed by atoms with E-state index in [9.17, 15) is 4.79 Å². The van der Waals surface area contributed by atoms with Crippen molar-refractivity contribution in [1.29, 1.82) is 0 Å². The van der Waals surface area contributed by atoms with E-state index in [0.29, 0.717) is 13.0 Å². The van der Waals surface area contributed by atoms with Crippen molar-refractivity contribution >= 4 is 5.97 Å². The second-order valence-electron chi connectivity index (χ2n) is 3.00. The molecule has 0 radical (unpaired) electrons. The van der Waals surface area contributed by atoms with Crippen molar-refractivity contribution in [1.82, 2.24) is 5.32 Å². The van der Waals surface area contributed by atoms with Crippen LogP contribution in [0, 0.1) is 0 Å². The lowest BCUT2D eigenvalue weighted by atomic mass is 9.97. The summed E-state index contributed by atoms with van der Waals surface area (Å²) in [6.07, 6.45) is 5.50. The van der Waals surface area contributed by atoms with Gasteiger partial charge in [-0.05, 0) is 31.7 Å². The average Bonchev–Trinajstić information content (AvgIpc) is 2.18. The molecular weight excluding hydrogens is 182 g/mol. The summed E-state index contributed by atoms with van der Waals surface area (Å²) in [6, 6.07) is 0. The zero-order chi connectivity index (χ0) is 10.6. The number of aliphatic carboxylic acids is 1. The molecule has 1 aliphatic rings. The molecule has 0 aromatic rings. The van der Waals surface area contributed by atoms with Crippen LogP contribution in [-0.2, 0) is 9.53 Å². The largest absolute Gasteiger partial charge is 0.478 e. The molecule has 0 saturated carbocycles. The Bertz CT molecular complexity index is 283. The van der Waals surface area contributed by atoms with Crippen molar-refractivity contribution in [2.75, 3.05) is 6.61 Å². The molecule has 0 bridgehead atoms. The van der Waals surface area contributed by atoms with E-state index in [1.54, 1.807) is 18.4 Å². The Labute approximate surface area is 83.3 Å². The first kappa shape index (κ1) is 10.8. The van der Waals surface area contributed by atoms with Crippen LogP contribution in [0.25, 0.3) is 0 Å². The summed E-state index contributed by atoms with van der Waals surface area (Å²) in [5, 5.41) is 12.0. The van der Waals surface area contributed by atoms with Crippen molar-refractivity contribution in [2.24, 2.45) is 0 Å². The second kappa shape index (κ2) is 4.28. The van der Waals surface area contributed by atoms with Gasteiger partial charge in [-0.3, -0.25) is 0 Å². The predicted molar refractivity (Wildman–Crippen MR) is 52.6 cm³/mol. The summed E-state index contributed by atoms with van der Waals surface area (Å²) in [5.41, 5.74) is -0.612. The highest BCUT2D eigenvalue weighted by atomic mass is 16.5. The van der Waals surface area contributed by atoms with Crippen LogP contribution < -0.4 is 5.32 Å². The standard InChI is InChI=1S/C10H15NO3/c1-3-10(14-4-2)8(9(12)13)6-5-7-11-10/h5-7,11H,3-4H2,1-2H3,(H,12,13). The van der Waals surface area contributed by atoms with E-state index < -0.39 is 11.7 Å². The van der Waals surface area contributed by atoms with Crippen molar-refractivity contribution in [3.63, 3.8) is 0 Å². The van der Waals surface area contributed by atoms with E-state index in [1.165, 1.54) is 0 Å². The Hall–Kier alpha value is -1.29. The third-order valence-corrected chi connectivity index (χ3v) is 2.23. The summed E-state index contributed by atoms with van der Waals surface area (Å²) in [5.74, 6) is -0.947. The molecule has 4 nitrogen and oxygen atoms in total. The first-order valence-corrected chi connectivity index (χ1v) is 4.68. The van der Waals surface area contributed by atoms with Crippen molar-refractivity contribution in [3.8, 4) is 0 Å². The van der Waals surface area contributed by atoms with Gasteiger partial charge in [0.25, 0.3) is 0 Å². The van der Waals surface area contributed by atoms with Gasteiger partial charge >= 0.3 is 5.97 Å². The lowest BCUT2D eigenvalue weighted by Gasteiger charge is -2.35. The Morgan fingerprint density at radius 3 is 2.86 bits per heavy atom. The van der Waals surface area contributed by atoms with E-state index in [1.807, 2.05) is 13.8 Å². The summed E-state index contributed by atoms with van der Waals surface area (Å²) < 4.78 is 5.48. The number of dihydropyridines is 1. The molecule has 14 heavy (non-hydrogen) atoms. The van der Waals surface area contributed by atoms with Gasteiger partial charge in [-0.1, -0.05) is 6.92 Å². The molecule has 0 saturated heterocycles. The summed E-state index contributed by atoms with van der Waals surface area (Å²) in [4.78, 5) is 11.0. The van der Waals surface area contributed by atoms with Crippen LogP contribution in [0.4, 0.5) is 0 Å². The second-order valence-corrected chi connectivity index (χ2v) is 3.00. The zero-order valence-electron chi connectivity index (χ0n) is 8.41. The molecule has 4 heteroatoms. The van der Waals surface area contributed by atoms with Gasteiger partial charge < -0.3 is 15.2 Å². The monoisotopic (exact) mass is 197 g/mol. The first-order chi connectivity index (χ1) is 6.66. The highest BCUT2D eigenvalue weighted by Crippen LogP contribution is 2.25. The summed E-state index contributed by atoms with van der Waals surface area (Å²) >= 11 is 0. The highest BCUT2D eigenvalue weighted by molar-refractivity contribution is 5.89. The number of nitrogens with one attached hydrogen (secondary N) is 1. The number of allylic oxidation sites excluding steroid dienone is 2. The summed E-state index contributed by atoms with van der Waals surface area (Å²) in [7, 11) is 0. The van der Waals surface area contributed by atoms with Crippen LogP contribution in [0.5, 0.6) is 0 Å². The van der Waals surface area contributed by atoms with Gasteiger partial charge in [0.05, 0.1) is 5.57 Å². The van der Waals surface area contributed by atoms with Crippen LogP contribution >= 0.6 is 0 Å². The maximum absolute atomic E-state index is 11.0. The van der Waals surface area contributed by atoms with E-state index in [-0.39, 0.29) is 5.57 Å². The Kier molecular flexibility index (Phi) is 3.30. The van der Waals surface area contributed by atoms with Gasteiger partial charge in [0, 0.05) is 6.61 Å². The number of carboxylic acids is 1. The van der Waals surface area contributed by atoms with Gasteiger partial charge in [-0.2, -0.15) is 0 Å². The normalized spacial score (nSPS) is 25.4. The molecule has 1 heterocycles. The molecule has 0 aromatic heterocycles. The molecule has 1 aliphatic heterocycles. The van der Waals surface area contributed by atoms with Gasteiger partial charge in [-0.25, -0.2) is 4.79 Å². The Balaban J connectivity index is 2.99. The molecule has 0 spiro atoms. The molecular formula is C10H15NO3. The first-order valence-electron chi connectivity index (χ1n) is 4.68. The third kappa shape index (κ3) is 1.80. The topological polar surface area (TPSA) is 58.6 Å². The molecule has 0 aliphatic carbocycles. The number of rotatable bonds is 4.